The molecule has 1 unspecified atom stereocenters. The van der Waals surface area contributed by atoms with Crippen molar-refractivity contribution in [2.24, 2.45) is 11.8 Å². The molecule has 3 heterocycles. The monoisotopic (exact) mass is 422 g/mol. The fraction of sp³-hybridized carbons (Fsp3) is 0.458. The van der Waals surface area contributed by atoms with E-state index >= 15 is 0 Å². The van der Waals surface area contributed by atoms with E-state index in [-0.39, 0.29) is 29.3 Å². The molecule has 0 spiro atoms. The molecule has 2 aliphatic rings. The van der Waals surface area contributed by atoms with Gasteiger partial charge in [0.15, 0.2) is 0 Å². The maximum absolute atomic E-state index is 12.9. The Hall–Kier alpha value is -3.09. The van der Waals surface area contributed by atoms with Gasteiger partial charge in [-0.1, -0.05) is 19.9 Å². The van der Waals surface area contributed by atoms with Crippen molar-refractivity contribution in [1.29, 1.82) is 0 Å². The fourth-order valence-electron chi connectivity index (χ4n) is 4.55. The molecule has 0 aliphatic carbocycles. The highest BCUT2D eigenvalue weighted by Gasteiger charge is 2.36. The van der Waals surface area contributed by atoms with Crippen LogP contribution >= 0.6 is 0 Å². The molecule has 2 aliphatic heterocycles. The van der Waals surface area contributed by atoms with Gasteiger partial charge in [0.05, 0.1) is 0 Å². The molecular weight excluding hydrogens is 392 g/mol. The van der Waals surface area contributed by atoms with Crippen molar-refractivity contribution in [2.75, 3.05) is 25.0 Å². The van der Waals surface area contributed by atoms with Crippen LogP contribution in [0, 0.1) is 11.8 Å². The Morgan fingerprint density at radius 3 is 2.58 bits per heavy atom. The van der Waals surface area contributed by atoms with Crippen LogP contribution in [0.1, 0.15) is 48.7 Å². The van der Waals surface area contributed by atoms with Gasteiger partial charge in [-0.3, -0.25) is 9.59 Å². The van der Waals surface area contributed by atoms with E-state index in [9.17, 15) is 14.4 Å². The first-order valence-corrected chi connectivity index (χ1v) is 11.0. The molecule has 1 aromatic heterocycles. The zero-order valence-electron chi connectivity index (χ0n) is 18.1. The molecule has 164 valence electrons. The molecule has 2 atom stereocenters. The lowest BCUT2D eigenvalue weighted by atomic mass is 9.83. The Morgan fingerprint density at radius 1 is 1.06 bits per heavy atom. The largest absolute Gasteiger partial charge is 0.352 e. The topological polar surface area (TPSA) is 83.4 Å². The van der Waals surface area contributed by atoms with Gasteiger partial charge < -0.3 is 20.1 Å². The first-order chi connectivity index (χ1) is 14.9. The van der Waals surface area contributed by atoms with Crippen LogP contribution in [0.4, 0.5) is 10.5 Å². The highest BCUT2D eigenvalue weighted by atomic mass is 16.2. The van der Waals surface area contributed by atoms with Crippen molar-refractivity contribution >= 4 is 17.6 Å². The Kier molecular flexibility index (Phi) is 6.11. The van der Waals surface area contributed by atoms with E-state index in [0.29, 0.717) is 43.3 Å². The number of nitrogens with zero attached hydrogens (tertiary/aromatic N) is 2. The number of pyridine rings is 1. The number of urea groups is 1. The molecule has 0 saturated carbocycles. The Labute approximate surface area is 182 Å². The second-order valence-corrected chi connectivity index (χ2v) is 9.05. The van der Waals surface area contributed by atoms with E-state index in [1.807, 2.05) is 15.5 Å². The summed E-state index contributed by atoms with van der Waals surface area (Å²) in [5.41, 5.74) is 2.31. The van der Waals surface area contributed by atoms with Crippen molar-refractivity contribution in [3.8, 4) is 0 Å². The number of carbonyl (C=O) groups excluding carboxylic acids is 2. The van der Waals surface area contributed by atoms with Gasteiger partial charge in [-0.2, -0.15) is 0 Å². The van der Waals surface area contributed by atoms with Crippen LogP contribution in [0.2, 0.25) is 0 Å². The number of hydrogen-bond donors (Lipinski definition) is 2. The van der Waals surface area contributed by atoms with Crippen molar-refractivity contribution in [3.63, 3.8) is 0 Å². The minimum Gasteiger partial charge on any atom is -0.352 e. The lowest BCUT2D eigenvalue weighted by molar-refractivity contribution is 0.0952. The average molecular weight is 423 g/mol. The molecule has 2 aromatic rings. The third kappa shape index (κ3) is 4.81. The van der Waals surface area contributed by atoms with Crippen LogP contribution in [-0.2, 0) is 6.54 Å². The molecule has 7 heteroatoms. The minimum atomic E-state index is -0.143. The molecule has 0 radical (unpaired) electrons. The number of carbonyl (C=O) groups is 2. The van der Waals surface area contributed by atoms with Crippen molar-refractivity contribution in [3.05, 3.63) is 64.1 Å². The summed E-state index contributed by atoms with van der Waals surface area (Å²) in [4.78, 5) is 39.1. The Bertz CT molecular complexity index is 1010. The summed E-state index contributed by atoms with van der Waals surface area (Å²) in [6.07, 6.45) is 1.95. The number of anilines is 1. The highest BCUT2D eigenvalue weighted by Crippen LogP contribution is 2.35. The van der Waals surface area contributed by atoms with Crippen LogP contribution in [0.5, 0.6) is 0 Å². The first kappa shape index (κ1) is 21.2. The third-order valence-corrected chi connectivity index (χ3v) is 6.17. The SMILES string of the molecule is CC(C)CCNC(=O)c1ccc(NC(=O)N2CC3C[C@H](C2)Cn2c3cccc2=O)cc1. The summed E-state index contributed by atoms with van der Waals surface area (Å²) in [5.74, 6) is 0.913. The summed E-state index contributed by atoms with van der Waals surface area (Å²) in [6, 6.07) is 12.2. The maximum atomic E-state index is 12.9. The molecule has 31 heavy (non-hydrogen) atoms. The molecule has 4 rings (SSSR count). The van der Waals surface area contributed by atoms with Crippen molar-refractivity contribution < 1.29 is 9.59 Å². The number of likely N-dealkylation sites (tertiary alicyclic amines) is 1. The van der Waals surface area contributed by atoms with Crippen LogP contribution < -0.4 is 16.2 Å². The summed E-state index contributed by atoms with van der Waals surface area (Å²) in [6.45, 7) is 6.80. The van der Waals surface area contributed by atoms with Gasteiger partial charge in [0.2, 0.25) is 0 Å². The van der Waals surface area contributed by atoms with Gasteiger partial charge in [0.1, 0.15) is 0 Å². The number of aromatic nitrogens is 1. The predicted molar refractivity (Wildman–Crippen MR) is 120 cm³/mol. The average Bonchev–Trinajstić information content (AvgIpc) is 2.74. The number of nitrogens with one attached hydrogen (secondary N) is 2. The van der Waals surface area contributed by atoms with Crippen LogP contribution in [0.25, 0.3) is 0 Å². The first-order valence-electron chi connectivity index (χ1n) is 11.0. The van der Waals surface area contributed by atoms with E-state index in [0.717, 1.165) is 18.5 Å². The molecule has 7 nitrogen and oxygen atoms in total. The quantitative estimate of drug-likeness (QED) is 0.776. The van der Waals surface area contributed by atoms with E-state index in [4.69, 9.17) is 0 Å². The zero-order chi connectivity index (χ0) is 22.0. The van der Waals surface area contributed by atoms with Crippen molar-refractivity contribution in [1.82, 2.24) is 14.8 Å². The van der Waals surface area contributed by atoms with E-state index in [1.165, 1.54) is 0 Å². The van der Waals surface area contributed by atoms with Gasteiger partial charge in [0, 0.05) is 55.1 Å². The van der Waals surface area contributed by atoms with Gasteiger partial charge in [-0.15, -0.1) is 0 Å². The lowest BCUT2D eigenvalue weighted by Crippen LogP contribution is -2.50. The summed E-state index contributed by atoms with van der Waals surface area (Å²) < 4.78 is 1.86. The van der Waals surface area contributed by atoms with E-state index in [2.05, 4.69) is 24.5 Å². The predicted octanol–water partition coefficient (Wildman–Crippen LogP) is 3.28. The molecule has 1 saturated heterocycles. The van der Waals surface area contributed by atoms with Gasteiger partial charge in [-0.05, 0) is 55.0 Å². The molecule has 2 bridgehead atoms. The van der Waals surface area contributed by atoms with Crippen LogP contribution in [0.3, 0.4) is 0 Å². The van der Waals surface area contributed by atoms with Gasteiger partial charge >= 0.3 is 6.03 Å². The lowest BCUT2D eigenvalue weighted by Gasteiger charge is -2.42. The second kappa shape index (κ2) is 8.96. The third-order valence-electron chi connectivity index (χ3n) is 6.17. The van der Waals surface area contributed by atoms with Crippen molar-refractivity contribution in [2.45, 2.75) is 39.2 Å². The molecule has 1 aromatic carbocycles. The summed E-state index contributed by atoms with van der Waals surface area (Å²) in [5, 5.41) is 5.87. The number of fused-ring (bicyclic) bond motifs is 4. The molecular formula is C24H30N4O3. The zero-order valence-corrected chi connectivity index (χ0v) is 18.1. The Balaban J connectivity index is 1.36. The summed E-state index contributed by atoms with van der Waals surface area (Å²) >= 11 is 0. The number of piperidine rings is 1. The summed E-state index contributed by atoms with van der Waals surface area (Å²) in [7, 11) is 0. The maximum Gasteiger partial charge on any atom is 0.321 e. The number of amides is 3. The van der Waals surface area contributed by atoms with Gasteiger partial charge in [-0.25, -0.2) is 4.79 Å². The molecule has 2 N–H and O–H groups in total. The van der Waals surface area contributed by atoms with Crippen LogP contribution in [0.15, 0.2) is 47.3 Å². The minimum absolute atomic E-state index is 0.0402. The van der Waals surface area contributed by atoms with E-state index in [1.54, 1.807) is 36.4 Å². The highest BCUT2D eigenvalue weighted by molar-refractivity contribution is 5.95. The van der Waals surface area contributed by atoms with Gasteiger partial charge in [0.25, 0.3) is 11.5 Å². The second-order valence-electron chi connectivity index (χ2n) is 9.05. The number of benzene rings is 1. The fourth-order valence-corrected chi connectivity index (χ4v) is 4.55. The Morgan fingerprint density at radius 2 is 1.84 bits per heavy atom. The smallest absolute Gasteiger partial charge is 0.321 e. The number of hydrogen-bond acceptors (Lipinski definition) is 3. The number of rotatable bonds is 5. The molecule has 1 fully saturated rings. The van der Waals surface area contributed by atoms with E-state index < -0.39 is 0 Å². The normalized spacial score (nSPS) is 19.6. The molecule has 3 amide bonds. The van der Waals surface area contributed by atoms with Crippen LogP contribution in [-0.4, -0.2) is 41.0 Å². The standard InChI is InChI=1S/C24H30N4O3/c1-16(2)10-11-25-23(30)18-6-8-20(9-7-18)26-24(31)27-13-17-12-19(15-27)21-4-3-5-22(29)28(21)14-17/h3-9,16-17,19H,10-15H2,1-2H3,(H,25,30)(H,26,31)/t17-,19?/m1/s1.